The van der Waals surface area contributed by atoms with Crippen molar-refractivity contribution in [2.75, 3.05) is 13.7 Å². The molecule has 0 N–H and O–H groups in total. The first kappa shape index (κ1) is 19.2. The van der Waals surface area contributed by atoms with Crippen LogP contribution in [0, 0.1) is 5.82 Å². The molecule has 2 aromatic rings. The molecule has 0 bridgehead atoms. The van der Waals surface area contributed by atoms with Crippen molar-refractivity contribution < 1.29 is 23.5 Å². The number of aromatic nitrogens is 1. The average Bonchev–Trinajstić information content (AvgIpc) is 2.90. The molecule has 6 nitrogen and oxygen atoms in total. The van der Waals surface area contributed by atoms with Gasteiger partial charge in [-0.25, -0.2) is 9.18 Å². The van der Waals surface area contributed by atoms with Gasteiger partial charge in [0.15, 0.2) is 0 Å². The molecule has 0 saturated heterocycles. The zero-order valence-electron chi connectivity index (χ0n) is 16.2. The third kappa shape index (κ3) is 4.07. The average molecular weight is 376 g/mol. The minimum Gasteiger partial charge on any atom is -0.469 e. The van der Waals surface area contributed by atoms with Crippen LogP contribution in [0.25, 0.3) is 10.9 Å². The summed E-state index contributed by atoms with van der Waals surface area (Å²) in [5.41, 5.74) is 2.22. The number of fused-ring (bicyclic) bond motifs is 3. The van der Waals surface area contributed by atoms with E-state index in [0.717, 1.165) is 22.2 Å². The van der Waals surface area contributed by atoms with Crippen LogP contribution in [-0.4, -0.2) is 40.8 Å². The first-order valence-electron chi connectivity index (χ1n) is 9.04. The quantitative estimate of drug-likeness (QED) is 0.768. The number of aryl methyl sites for hydroxylation is 1. The maximum absolute atomic E-state index is 13.9. The van der Waals surface area contributed by atoms with E-state index in [2.05, 4.69) is 0 Å². The van der Waals surface area contributed by atoms with Gasteiger partial charge in [-0.05, 0) is 39.0 Å². The highest BCUT2D eigenvalue weighted by Crippen LogP contribution is 2.32. The highest BCUT2D eigenvalue weighted by atomic mass is 19.1. The van der Waals surface area contributed by atoms with Gasteiger partial charge in [-0.15, -0.1) is 0 Å². The van der Waals surface area contributed by atoms with Crippen molar-refractivity contribution in [3.8, 4) is 0 Å². The van der Waals surface area contributed by atoms with Gasteiger partial charge >= 0.3 is 12.1 Å². The molecule has 2 heterocycles. The summed E-state index contributed by atoms with van der Waals surface area (Å²) >= 11 is 0. The Morgan fingerprint density at radius 1 is 1.26 bits per heavy atom. The summed E-state index contributed by atoms with van der Waals surface area (Å²) in [5.74, 6) is -0.622. The molecule has 0 spiro atoms. The molecular formula is C20H25FN2O4. The molecule has 0 atom stereocenters. The third-order valence-electron chi connectivity index (χ3n) is 4.64. The molecule has 0 fully saturated rings. The van der Waals surface area contributed by atoms with E-state index < -0.39 is 5.60 Å². The fourth-order valence-corrected chi connectivity index (χ4v) is 3.47. The van der Waals surface area contributed by atoms with Gasteiger partial charge in [0.1, 0.15) is 11.4 Å². The fraction of sp³-hybridized carbons (Fsp3) is 0.500. The minimum absolute atomic E-state index is 0.236. The second kappa shape index (κ2) is 7.21. The molecule has 1 aliphatic rings. The van der Waals surface area contributed by atoms with E-state index in [-0.39, 0.29) is 24.3 Å². The van der Waals surface area contributed by atoms with E-state index in [9.17, 15) is 14.0 Å². The van der Waals surface area contributed by atoms with Crippen molar-refractivity contribution in [1.29, 1.82) is 0 Å². The highest BCUT2D eigenvalue weighted by Gasteiger charge is 2.29. The van der Waals surface area contributed by atoms with E-state index in [4.69, 9.17) is 9.47 Å². The predicted molar refractivity (Wildman–Crippen MR) is 98.9 cm³/mol. The number of carbonyl (C=O) groups is 2. The monoisotopic (exact) mass is 376 g/mol. The standard InChI is InChI=1S/C20H25FN2O4/c1-20(2,3)27-19(25)22-9-7-17-15(12-22)14-11-13(21)5-6-16(14)23(17)10-8-18(24)26-4/h5-6,11H,7-10,12H2,1-4H3. The number of ether oxygens (including phenoxy) is 2. The number of esters is 1. The topological polar surface area (TPSA) is 60.8 Å². The van der Waals surface area contributed by atoms with Crippen LogP contribution in [0.1, 0.15) is 38.4 Å². The number of methoxy groups -OCH3 is 1. The van der Waals surface area contributed by atoms with Crippen LogP contribution in [0.4, 0.5) is 9.18 Å². The van der Waals surface area contributed by atoms with Crippen molar-refractivity contribution in [3.05, 3.63) is 35.3 Å². The number of benzene rings is 1. The van der Waals surface area contributed by atoms with Crippen LogP contribution in [0.3, 0.4) is 0 Å². The molecule has 0 aliphatic carbocycles. The van der Waals surface area contributed by atoms with Crippen molar-refractivity contribution in [2.24, 2.45) is 0 Å². The van der Waals surface area contributed by atoms with Crippen molar-refractivity contribution in [1.82, 2.24) is 9.47 Å². The summed E-state index contributed by atoms with van der Waals surface area (Å²) in [4.78, 5) is 25.7. The molecule has 0 radical (unpaired) electrons. The van der Waals surface area contributed by atoms with Gasteiger partial charge in [-0.3, -0.25) is 4.79 Å². The minimum atomic E-state index is -0.571. The van der Waals surface area contributed by atoms with Crippen molar-refractivity contribution >= 4 is 23.0 Å². The third-order valence-corrected chi connectivity index (χ3v) is 4.64. The van der Waals surface area contributed by atoms with E-state index in [1.54, 1.807) is 11.0 Å². The second-order valence-electron chi connectivity index (χ2n) is 7.72. The summed E-state index contributed by atoms with van der Waals surface area (Å²) in [5, 5.41) is 0.767. The fourth-order valence-electron chi connectivity index (χ4n) is 3.47. The molecule has 7 heteroatoms. The maximum atomic E-state index is 13.9. The van der Waals surface area contributed by atoms with Crippen LogP contribution < -0.4 is 0 Å². The Balaban J connectivity index is 1.95. The van der Waals surface area contributed by atoms with E-state index in [0.29, 0.717) is 26.1 Å². The molecule has 1 aliphatic heterocycles. The Bertz CT molecular complexity index is 882. The number of nitrogens with zero attached hydrogens (tertiary/aromatic N) is 2. The Labute approximate surface area is 157 Å². The van der Waals surface area contributed by atoms with Crippen LogP contribution in [0.2, 0.25) is 0 Å². The smallest absolute Gasteiger partial charge is 0.410 e. The van der Waals surface area contributed by atoms with Crippen LogP contribution >= 0.6 is 0 Å². The molecule has 3 rings (SSSR count). The van der Waals surface area contributed by atoms with Gasteiger partial charge < -0.3 is 18.9 Å². The Kier molecular flexibility index (Phi) is 5.13. The normalized spacial score (nSPS) is 14.2. The van der Waals surface area contributed by atoms with Crippen LogP contribution in [0.15, 0.2) is 18.2 Å². The van der Waals surface area contributed by atoms with Crippen LogP contribution in [-0.2, 0) is 33.8 Å². The number of rotatable bonds is 3. The molecular weight excluding hydrogens is 351 g/mol. The maximum Gasteiger partial charge on any atom is 0.410 e. The van der Waals surface area contributed by atoms with Crippen LogP contribution in [0.5, 0.6) is 0 Å². The summed E-state index contributed by atoms with van der Waals surface area (Å²) < 4.78 is 26.1. The largest absolute Gasteiger partial charge is 0.469 e. The zero-order chi connectivity index (χ0) is 19.8. The first-order chi connectivity index (χ1) is 12.7. The van der Waals surface area contributed by atoms with Crippen molar-refractivity contribution in [3.63, 3.8) is 0 Å². The number of hydrogen-bond acceptors (Lipinski definition) is 4. The van der Waals surface area contributed by atoms with Gasteiger partial charge in [-0.1, -0.05) is 0 Å². The summed E-state index contributed by atoms with van der Waals surface area (Å²) in [6.07, 6.45) is 0.478. The lowest BCUT2D eigenvalue weighted by molar-refractivity contribution is -0.140. The van der Waals surface area contributed by atoms with Gasteiger partial charge in [0.05, 0.1) is 20.1 Å². The first-order valence-corrected chi connectivity index (χ1v) is 9.04. The molecule has 0 unspecified atom stereocenters. The lowest BCUT2D eigenvalue weighted by Crippen LogP contribution is -2.40. The Hall–Kier alpha value is -2.57. The summed E-state index contributed by atoms with van der Waals surface area (Å²) in [7, 11) is 1.36. The molecule has 1 aromatic heterocycles. The lowest BCUT2D eigenvalue weighted by atomic mass is 10.0. The SMILES string of the molecule is COC(=O)CCn1c2c(c3cc(F)ccc31)CN(C(=O)OC(C)(C)C)CC2. The van der Waals surface area contributed by atoms with Crippen molar-refractivity contribution in [2.45, 2.75) is 52.3 Å². The number of carbonyl (C=O) groups excluding carboxylic acids is 2. The van der Waals surface area contributed by atoms with Gasteiger partial charge in [0.25, 0.3) is 0 Å². The second-order valence-corrected chi connectivity index (χ2v) is 7.72. The lowest BCUT2D eigenvalue weighted by Gasteiger charge is -2.30. The summed E-state index contributed by atoms with van der Waals surface area (Å²) in [6.45, 7) is 6.81. The summed E-state index contributed by atoms with van der Waals surface area (Å²) in [6, 6.07) is 4.62. The molecule has 0 saturated carbocycles. The predicted octanol–water partition coefficient (Wildman–Crippen LogP) is 3.64. The Morgan fingerprint density at radius 3 is 2.67 bits per heavy atom. The zero-order valence-corrected chi connectivity index (χ0v) is 16.2. The molecule has 1 amide bonds. The number of amides is 1. The van der Waals surface area contributed by atoms with E-state index in [1.807, 2.05) is 25.3 Å². The number of halogens is 1. The molecule has 1 aromatic carbocycles. The van der Waals surface area contributed by atoms with Gasteiger partial charge in [0.2, 0.25) is 0 Å². The van der Waals surface area contributed by atoms with E-state index in [1.165, 1.54) is 19.2 Å². The highest BCUT2D eigenvalue weighted by molar-refractivity contribution is 5.86. The van der Waals surface area contributed by atoms with Gasteiger partial charge in [0, 0.05) is 41.7 Å². The Morgan fingerprint density at radius 2 is 2.00 bits per heavy atom. The van der Waals surface area contributed by atoms with E-state index >= 15 is 0 Å². The van der Waals surface area contributed by atoms with Gasteiger partial charge in [-0.2, -0.15) is 0 Å². The molecule has 146 valence electrons. The number of hydrogen-bond donors (Lipinski definition) is 0. The molecule has 27 heavy (non-hydrogen) atoms.